The van der Waals surface area contributed by atoms with Crippen LogP contribution in [0.25, 0.3) is 22.4 Å². The minimum Gasteiger partial charge on any atom is -0.493 e. The minimum atomic E-state index is -5.08. The number of nitrogens with one attached hydrogen (secondary N) is 3. The van der Waals surface area contributed by atoms with Gasteiger partial charge >= 0.3 is 36.4 Å². The van der Waals surface area contributed by atoms with Crippen LogP contribution in [0.15, 0.2) is 55.2 Å². The molecule has 0 radical (unpaired) electrons. The number of nitrogens with two attached hydrogens (primary N) is 1. The van der Waals surface area contributed by atoms with Crippen LogP contribution in [-0.2, 0) is 27.2 Å². The van der Waals surface area contributed by atoms with Crippen molar-refractivity contribution in [2.24, 2.45) is 0 Å². The molecule has 306 valence electrons. The van der Waals surface area contributed by atoms with Gasteiger partial charge in [0, 0.05) is 48.4 Å². The SMILES string of the molecule is Nc1nccc(-c2cnc3nc(C4COc5ccc(C(=O)NCCc6cnc[nH]6)cc5C4)[nH]c3c2)n1.O=C(O)C(F)(F)F.O=C(O)C(F)(F)F.O=C(O)C(F)(F)F. The number of amides is 1. The maximum absolute atomic E-state index is 12.7. The average molecular weight is 824 g/mol. The van der Waals surface area contributed by atoms with E-state index in [0.717, 1.165) is 33.9 Å². The summed E-state index contributed by atoms with van der Waals surface area (Å²) in [5.41, 5.74) is 11.2. The normalized spacial score (nSPS) is 13.5. The number of pyridine rings is 1. The number of alkyl halides is 9. The number of carbonyl (C=O) groups is 4. The third-order valence-corrected chi connectivity index (χ3v) is 6.90. The standard InChI is InChI=1S/C25H23N9O2.3C2HF3O2/c26-25-29-6-4-19(33-25)16-9-20-23(30-10-16)34-22(32-20)17-8-15-7-14(1-2-21(15)36-12-17)24(35)28-5-3-18-11-27-13-31-18;3*3-2(4,5)1(6)7/h1-2,4,6-7,9-11,13,17H,3,5,8,12H2,(H,27,31)(H,28,35)(H2,26,29,33)(H,30,32,34);3*(H,6,7). The van der Waals surface area contributed by atoms with Gasteiger partial charge in [-0.05, 0) is 42.3 Å². The van der Waals surface area contributed by atoms with Crippen LogP contribution in [0.4, 0.5) is 45.5 Å². The molecule has 0 spiro atoms. The van der Waals surface area contributed by atoms with Crippen LogP contribution in [-0.4, -0.2) is 106 Å². The van der Waals surface area contributed by atoms with E-state index in [9.17, 15) is 44.3 Å². The maximum Gasteiger partial charge on any atom is 0.490 e. The smallest absolute Gasteiger partial charge is 0.490 e. The molecule has 26 heteroatoms. The highest BCUT2D eigenvalue weighted by Crippen LogP contribution is 2.33. The lowest BCUT2D eigenvalue weighted by atomic mass is 9.94. The number of carboxylic acid groups (broad SMARTS) is 3. The van der Waals surface area contributed by atoms with Crippen molar-refractivity contribution in [1.82, 2.24) is 40.2 Å². The Hall–Kier alpha value is -7.02. The van der Waals surface area contributed by atoms with Gasteiger partial charge < -0.3 is 41.1 Å². The quantitative estimate of drug-likeness (QED) is 0.118. The molecule has 1 aromatic carbocycles. The van der Waals surface area contributed by atoms with E-state index in [-0.39, 0.29) is 17.8 Å². The Morgan fingerprint density at radius 1 is 0.860 bits per heavy atom. The third-order valence-electron chi connectivity index (χ3n) is 6.90. The summed E-state index contributed by atoms with van der Waals surface area (Å²) >= 11 is 0. The zero-order valence-electron chi connectivity index (χ0n) is 28.2. The number of hydrogen-bond acceptors (Lipinski definition) is 11. The Morgan fingerprint density at radius 2 is 1.47 bits per heavy atom. The Bertz CT molecular complexity index is 2120. The van der Waals surface area contributed by atoms with Crippen molar-refractivity contribution in [2.45, 2.75) is 37.3 Å². The van der Waals surface area contributed by atoms with Crippen LogP contribution < -0.4 is 15.8 Å². The average Bonchev–Trinajstić information content (AvgIpc) is 3.81. The second-order valence-corrected chi connectivity index (χ2v) is 11.0. The van der Waals surface area contributed by atoms with Crippen LogP contribution >= 0.6 is 0 Å². The molecule has 0 saturated carbocycles. The monoisotopic (exact) mass is 823 g/mol. The fourth-order valence-electron chi connectivity index (χ4n) is 4.33. The number of benzene rings is 1. The number of nitrogens with zero attached hydrogens (tertiary/aromatic N) is 5. The fourth-order valence-corrected chi connectivity index (χ4v) is 4.33. The molecule has 4 aromatic heterocycles. The molecule has 1 amide bonds. The van der Waals surface area contributed by atoms with E-state index in [1.54, 1.807) is 37.1 Å². The van der Waals surface area contributed by atoms with Crippen molar-refractivity contribution in [3.63, 3.8) is 0 Å². The minimum absolute atomic E-state index is 0.00327. The van der Waals surface area contributed by atoms with Crippen LogP contribution in [0.5, 0.6) is 5.75 Å². The summed E-state index contributed by atoms with van der Waals surface area (Å²) in [4.78, 5) is 67.1. The van der Waals surface area contributed by atoms with Gasteiger partial charge in [-0.1, -0.05) is 0 Å². The predicted molar refractivity (Wildman–Crippen MR) is 173 cm³/mol. The van der Waals surface area contributed by atoms with Crippen molar-refractivity contribution in [3.05, 3.63) is 77.9 Å². The zero-order valence-corrected chi connectivity index (χ0v) is 28.2. The Morgan fingerprint density at radius 3 is 2.02 bits per heavy atom. The molecular formula is C31H26F9N9O8. The van der Waals surface area contributed by atoms with Crippen molar-refractivity contribution in [1.29, 1.82) is 0 Å². The number of fused-ring (bicyclic) bond motifs is 2. The number of aliphatic carboxylic acids is 3. The first-order chi connectivity index (χ1) is 26.4. The molecule has 1 unspecified atom stereocenters. The maximum atomic E-state index is 12.7. The van der Waals surface area contributed by atoms with E-state index in [1.807, 2.05) is 18.2 Å². The number of aromatic nitrogens is 7. The van der Waals surface area contributed by atoms with Crippen molar-refractivity contribution in [3.8, 4) is 17.0 Å². The molecule has 0 bridgehead atoms. The summed E-state index contributed by atoms with van der Waals surface area (Å²) in [5, 5.41) is 24.3. The number of carbonyl (C=O) groups excluding carboxylic acids is 1. The van der Waals surface area contributed by atoms with Crippen LogP contribution in [0, 0.1) is 0 Å². The molecule has 1 aliphatic rings. The van der Waals surface area contributed by atoms with Gasteiger partial charge in [0.15, 0.2) is 5.65 Å². The van der Waals surface area contributed by atoms with Crippen molar-refractivity contribution >= 4 is 40.9 Å². The van der Waals surface area contributed by atoms with Crippen LogP contribution in [0.2, 0.25) is 0 Å². The zero-order chi connectivity index (χ0) is 42.7. The van der Waals surface area contributed by atoms with Crippen molar-refractivity contribution in [2.75, 3.05) is 18.9 Å². The molecule has 6 rings (SSSR count). The number of carboxylic acids is 3. The van der Waals surface area contributed by atoms with Gasteiger partial charge in [-0.15, -0.1) is 0 Å². The van der Waals surface area contributed by atoms with Gasteiger partial charge in [0.05, 0.1) is 30.1 Å². The molecule has 8 N–H and O–H groups in total. The highest BCUT2D eigenvalue weighted by molar-refractivity contribution is 5.94. The molecule has 5 aromatic rings. The number of anilines is 1. The van der Waals surface area contributed by atoms with E-state index in [4.69, 9.17) is 45.2 Å². The van der Waals surface area contributed by atoms with E-state index >= 15 is 0 Å². The summed E-state index contributed by atoms with van der Waals surface area (Å²) in [5.74, 6) is -6.60. The fraction of sp³-hybridized carbons (Fsp3) is 0.258. The lowest BCUT2D eigenvalue weighted by molar-refractivity contribution is -0.193. The van der Waals surface area contributed by atoms with Crippen LogP contribution in [0.1, 0.15) is 33.4 Å². The second kappa shape index (κ2) is 18.5. The molecule has 5 heterocycles. The molecule has 57 heavy (non-hydrogen) atoms. The second-order valence-electron chi connectivity index (χ2n) is 11.0. The number of halogens is 9. The lowest BCUT2D eigenvalue weighted by Gasteiger charge is -2.24. The summed E-state index contributed by atoms with van der Waals surface area (Å²) in [6.07, 6.45) is -7.15. The van der Waals surface area contributed by atoms with Gasteiger partial charge in [-0.3, -0.25) is 4.79 Å². The summed E-state index contributed by atoms with van der Waals surface area (Å²) < 4.78 is 101. The van der Waals surface area contributed by atoms with Crippen LogP contribution in [0.3, 0.4) is 0 Å². The topological polar surface area (TPSA) is 272 Å². The summed E-state index contributed by atoms with van der Waals surface area (Å²) in [6.45, 7) is 1.00. The first-order valence-electron chi connectivity index (χ1n) is 15.3. The molecule has 0 aliphatic carbocycles. The van der Waals surface area contributed by atoms with Crippen molar-refractivity contribution < 1.29 is 78.7 Å². The number of imidazole rings is 2. The molecule has 1 atom stereocenters. The number of aromatic amines is 2. The highest BCUT2D eigenvalue weighted by Gasteiger charge is 2.39. The van der Waals surface area contributed by atoms with Gasteiger partial charge in [0.25, 0.3) is 5.91 Å². The first kappa shape index (κ1) is 44.4. The number of nitrogen functional groups attached to an aromatic ring is 1. The van der Waals surface area contributed by atoms with E-state index in [2.05, 4.69) is 35.2 Å². The molecule has 0 saturated heterocycles. The Kier molecular flexibility index (Phi) is 14.4. The predicted octanol–water partition coefficient (Wildman–Crippen LogP) is 4.31. The van der Waals surface area contributed by atoms with Gasteiger partial charge in [-0.2, -0.15) is 39.5 Å². The van der Waals surface area contributed by atoms with Gasteiger partial charge in [-0.25, -0.2) is 39.3 Å². The van der Waals surface area contributed by atoms with Gasteiger partial charge in [0.1, 0.15) is 11.6 Å². The molecule has 0 fully saturated rings. The third kappa shape index (κ3) is 13.7. The largest absolute Gasteiger partial charge is 0.493 e. The number of ether oxygens (including phenoxy) is 1. The summed E-state index contributed by atoms with van der Waals surface area (Å²) in [7, 11) is 0. The Labute approximate surface area is 311 Å². The molecule has 1 aliphatic heterocycles. The van der Waals surface area contributed by atoms with E-state index < -0.39 is 36.4 Å². The Balaban J connectivity index is 0.000000341. The van der Waals surface area contributed by atoms with E-state index in [0.29, 0.717) is 42.9 Å². The van der Waals surface area contributed by atoms with E-state index in [1.165, 1.54) is 0 Å². The molecular weight excluding hydrogens is 797 g/mol. The molecule has 17 nitrogen and oxygen atoms in total. The summed E-state index contributed by atoms with van der Waals surface area (Å²) in [6, 6.07) is 9.27. The number of hydrogen-bond donors (Lipinski definition) is 7. The lowest BCUT2D eigenvalue weighted by Crippen LogP contribution is -2.26. The number of H-pyrrole nitrogens is 2. The number of rotatable bonds is 6. The highest BCUT2D eigenvalue weighted by atomic mass is 19.4. The first-order valence-corrected chi connectivity index (χ1v) is 15.3. The van der Waals surface area contributed by atoms with Gasteiger partial charge in [0.2, 0.25) is 5.95 Å².